The first-order valence-corrected chi connectivity index (χ1v) is 10.4. The molecule has 0 aromatic heterocycles. The predicted molar refractivity (Wildman–Crippen MR) is 118 cm³/mol. The number of rotatable bonds is 8. The summed E-state index contributed by atoms with van der Waals surface area (Å²) in [5.41, 5.74) is 7.93. The zero-order valence-corrected chi connectivity index (χ0v) is 17.9. The second kappa shape index (κ2) is 10.2. The summed E-state index contributed by atoms with van der Waals surface area (Å²) < 4.78 is 23.0. The highest BCUT2D eigenvalue weighted by atomic mass is 32.2. The lowest BCUT2D eigenvalue weighted by Crippen LogP contribution is -2.34. The molecular weight excluding hydrogens is 423 g/mol. The third kappa shape index (κ3) is 5.46. The first kappa shape index (κ1) is 22.4. The van der Waals surface area contributed by atoms with Gasteiger partial charge in [-0.2, -0.15) is 5.10 Å². The maximum atomic E-state index is 12.8. The van der Waals surface area contributed by atoms with E-state index in [-0.39, 0.29) is 22.8 Å². The number of hydrogen-bond acceptors (Lipinski definition) is 6. The molecule has 3 N–H and O–H groups in total. The molecule has 0 radical (unpaired) electrons. The van der Waals surface area contributed by atoms with Crippen molar-refractivity contribution < 1.29 is 23.5 Å². The number of nitrogens with two attached hydrogens (primary N) is 1. The Morgan fingerprint density at radius 3 is 2.61 bits per heavy atom. The van der Waals surface area contributed by atoms with Crippen LogP contribution >= 0.6 is 11.8 Å². The third-order valence-electron chi connectivity index (χ3n) is 4.58. The Kier molecular flexibility index (Phi) is 7.35. The number of urea groups is 1. The van der Waals surface area contributed by atoms with Gasteiger partial charge in [0.1, 0.15) is 0 Å². The van der Waals surface area contributed by atoms with Crippen LogP contribution in [0.3, 0.4) is 0 Å². The van der Waals surface area contributed by atoms with Crippen molar-refractivity contribution in [2.45, 2.75) is 25.1 Å². The number of nitrogens with zero attached hydrogens (tertiary/aromatic N) is 2. The Morgan fingerprint density at radius 1 is 1.26 bits per heavy atom. The molecule has 1 unspecified atom stereocenters. The van der Waals surface area contributed by atoms with Gasteiger partial charge in [0.25, 0.3) is 0 Å². The Bertz CT molecular complexity index is 984. The number of carbonyl (C=O) groups is 2. The van der Waals surface area contributed by atoms with E-state index in [0.29, 0.717) is 23.6 Å². The number of benzene rings is 2. The summed E-state index contributed by atoms with van der Waals surface area (Å²) in [4.78, 5) is 23.6. The zero-order chi connectivity index (χ0) is 22.4. The van der Waals surface area contributed by atoms with Gasteiger partial charge < -0.3 is 20.5 Å². The summed E-state index contributed by atoms with van der Waals surface area (Å²) in [7, 11) is 1.48. The summed E-state index contributed by atoms with van der Waals surface area (Å²) in [6.45, 7) is 1.25. The molecule has 10 heteroatoms. The molecule has 0 aliphatic carbocycles. The Labute approximate surface area is 183 Å². The number of thioether (sulfide) groups is 1. The number of nitrogens with one attached hydrogen (secondary N) is 1. The van der Waals surface area contributed by atoms with Crippen molar-refractivity contribution in [2.24, 2.45) is 10.8 Å². The van der Waals surface area contributed by atoms with Crippen molar-refractivity contribution >= 4 is 34.4 Å². The van der Waals surface area contributed by atoms with E-state index in [1.54, 1.807) is 36.4 Å². The Balaban J connectivity index is 1.88. The molecule has 0 bridgehead atoms. The number of ether oxygens (including phenoxy) is 2. The van der Waals surface area contributed by atoms with E-state index < -0.39 is 12.9 Å². The van der Waals surface area contributed by atoms with E-state index in [1.165, 1.54) is 23.9 Å². The highest BCUT2D eigenvalue weighted by Crippen LogP contribution is 2.34. The Hall–Kier alpha value is -3.27. The molecule has 3 rings (SSSR count). The highest BCUT2D eigenvalue weighted by molar-refractivity contribution is 8.14. The molecule has 1 aliphatic rings. The number of hydrazone groups is 1. The monoisotopic (exact) mass is 446 g/mol. The fraction of sp³-hybridized carbons (Fsp3) is 0.286. The number of primary amides is 1. The van der Waals surface area contributed by atoms with Crippen LogP contribution in [-0.2, 0) is 6.54 Å². The normalized spacial score (nSPS) is 16.0. The molecule has 8 nitrogen and oxygen atoms in total. The molecule has 0 saturated heterocycles. The fourth-order valence-corrected chi connectivity index (χ4v) is 4.04. The quantitative estimate of drug-likeness (QED) is 0.627. The maximum absolute atomic E-state index is 12.8. The fourth-order valence-electron chi connectivity index (χ4n) is 3.11. The molecule has 3 amide bonds. The van der Waals surface area contributed by atoms with Crippen LogP contribution in [0.2, 0.25) is 0 Å². The predicted octanol–water partition coefficient (Wildman–Crippen LogP) is 4.34. The van der Waals surface area contributed by atoms with E-state index >= 15 is 0 Å². The molecule has 1 aliphatic heterocycles. The van der Waals surface area contributed by atoms with Gasteiger partial charge in [-0.05, 0) is 42.3 Å². The van der Waals surface area contributed by atoms with Crippen molar-refractivity contribution in [2.75, 3.05) is 19.3 Å². The lowest BCUT2D eigenvalue weighted by atomic mass is 10.0. The number of carbonyl (C=O) groups excluding carboxylic acids is 2. The number of alkyl halides is 1. The van der Waals surface area contributed by atoms with Gasteiger partial charge in [0.15, 0.2) is 11.5 Å². The molecule has 0 fully saturated rings. The summed E-state index contributed by atoms with van der Waals surface area (Å²) in [5, 5.41) is 8.18. The lowest BCUT2D eigenvalue weighted by Gasteiger charge is -2.28. The van der Waals surface area contributed by atoms with Crippen LogP contribution in [-0.4, -0.2) is 41.2 Å². The zero-order valence-electron chi connectivity index (χ0n) is 17.1. The van der Waals surface area contributed by atoms with Gasteiger partial charge in [-0.3, -0.25) is 4.79 Å². The summed E-state index contributed by atoms with van der Waals surface area (Å²) in [6, 6.07) is 11.5. The van der Waals surface area contributed by atoms with Crippen molar-refractivity contribution in [1.82, 2.24) is 5.01 Å². The van der Waals surface area contributed by atoms with E-state index in [1.807, 2.05) is 13.0 Å². The molecule has 2 aromatic carbocycles. The van der Waals surface area contributed by atoms with E-state index in [0.717, 1.165) is 11.1 Å². The number of halogens is 1. The highest BCUT2D eigenvalue weighted by Gasteiger charge is 2.30. The average molecular weight is 447 g/mol. The van der Waals surface area contributed by atoms with Crippen LogP contribution in [0, 0.1) is 0 Å². The SMILES string of the molecule is CCC1SC(=O)N(Cc2ccc(NC(N)=O)cc2)N=C1c1ccc(OC)c(OCF)c1. The van der Waals surface area contributed by atoms with Gasteiger partial charge in [0.2, 0.25) is 6.86 Å². The lowest BCUT2D eigenvalue weighted by molar-refractivity contribution is 0.184. The second-order valence-electron chi connectivity index (χ2n) is 6.63. The molecule has 1 atom stereocenters. The molecular formula is C21H23FN4O4S. The molecule has 0 spiro atoms. The van der Waals surface area contributed by atoms with Crippen LogP contribution < -0.4 is 20.5 Å². The molecule has 1 heterocycles. The number of amides is 3. The van der Waals surface area contributed by atoms with Crippen molar-refractivity contribution in [3.05, 3.63) is 53.6 Å². The van der Waals surface area contributed by atoms with Gasteiger partial charge in [-0.1, -0.05) is 30.8 Å². The van der Waals surface area contributed by atoms with Crippen LogP contribution in [0.1, 0.15) is 24.5 Å². The first-order valence-electron chi connectivity index (χ1n) is 9.54. The van der Waals surface area contributed by atoms with Gasteiger partial charge >= 0.3 is 11.3 Å². The summed E-state index contributed by atoms with van der Waals surface area (Å²) in [6.07, 6.45) is 0.696. The van der Waals surface area contributed by atoms with E-state index in [2.05, 4.69) is 10.4 Å². The summed E-state index contributed by atoms with van der Waals surface area (Å²) in [5.74, 6) is 0.683. The molecule has 164 valence electrons. The maximum Gasteiger partial charge on any atom is 0.316 e. The van der Waals surface area contributed by atoms with Crippen LogP contribution in [0.5, 0.6) is 11.5 Å². The third-order valence-corrected chi connectivity index (χ3v) is 5.83. The van der Waals surface area contributed by atoms with Crippen LogP contribution in [0.15, 0.2) is 47.6 Å². The van der Waals surface area contributed by atoms with Crippen molar-refractivity contribution in [1.29, 1.82) is 0 Å². The number of hydrogen-bond donors (Lipinski definition) is 2. The van der Waals surface area contributed by atoms with Gasteiger partial charge in [0, 0.05) is 11.3 Å². The molecule has 0 saturated carbocycles. The van der Waals surface area contributed by atoms with Gasteiger partial charge in [-0.15, -0.1) is 0 Å². The minimum atomic E-state index is -0.983. The minimum Gasteiger partial charge on any atom is -0.493 e. The molecule has 2 aromatic rings. The van der Waals surface area contributed by atoms with Crippen LogP contribution in [0.25, 0.3) is 0 Å². The minimum absolute atomic E-state index is 0.141. The Morgan fingerprint density at radius 2 is 2.00 bits per heavy atom. The topological polar surface area (TPSA) is 106 Å². The van der Waals surface area contributed by atoms with Crippen LogP contribution in [0.4, 0.5) is 19.7 Å². The standard InChI is InChI=1S/C21H23FN4O4S/c1-3-18-19(14-6-9-16(29-2)17(10-14)30-12-22)25-26(21(28)31-18)11-13-4-7-15(8-5-13)24-20(23)27/h4-10,18H,3,11-12H2,1-2H3,(H3,23,24,27). The van der Waals surface area contributed by atoms with Gasteiger partial charge in [-0.25, -0.2) is 14.2 Å². The smallest absolute Gasteiger partial charge is 0.316 e. The van der Waals surface area contributed by atoms with Gasteiger partial charge in [0.05, 0.1) is 24.6 Å². The van der Waals surface area contributed by atoms with E-state index in [4.69, 9.17) is 15.2 Å². The number of methoxy groups -OCH3 is 1. The van der Waals surface area contributed by atoms with E-state index in [9.17, 15) is 14.0 Å². The number of anilines is 1. The van der Waals surface area contributed by atoms with Crippen molar-refractivity contribution in [3.63, 3.8) is 0 Å². The summed E-state index contributed by atoms with van der Waals surface area (Å²) >= 11 is 1.19. The molecule has 31 heavy (non-hydrogen) atoms. The second-order valence-corrected chi connectivity index (χ2v) is 7.78. The van der Waals surface area contributed by atoms with Crippen molar-refractivity contribution in [3.8, 4) is 11.5 Å². The largest absolute Gasteiger partial charge is 0.493 e. The first-order chi connectivity index (χ1) is 14.9. The average Bonchev–Trinajstić information content (AvgIpc) is 2.76.